The Morgan fingerprint density at radius 2 is 1.97 bits per heavy atom. The number of aliphatic hydroxyl groups excluding tert-OH is 1. The molecule has 0 amide bonds. The van der Waals surface area contributed by atoms with E-state index in [0.29, 0.717) is 28.1 Å². The smallest absolute Gasteiger partial charge is 0.322 e. The van der Waals surface area contributed by atoms with E-state index < -0.39 is 38.0 Å². The van der Waals surface area contributed by atoms with E-state index in [0.717, 1.165) is 0 Å². The van der Waals surface area contributed by atoms with Crippen LogP contribution in [-0.4, -0.2) is 29.3 Å². The third kappa shape index (κ3) is 5.54. The zero-order valence-electron chi connectivity index (χ0n) is 17.3. The van der Waals surface area contributed by atoms with Crippen molar-refractivity contribution in [3.63, 3.8) is 0 Å². The first-order valence-corrected chi connectivity index (χ1v) is 10.8. The number of terminal acetylenes is 1. The Bertz CT molecular complexity index is 969. The lowest BCUT2D eigenvalue weighted by Crippen LogP contribution is -2.23. The molecule has 3 atom stereocenters. The molecule has 0 bridgehead atoms. The molecule has 0 saturated carbocycles. The third-order valence-corrected chi connectivity index (χ3v) is 6.20. The first-order valence-electron chi connectivity index (χ1n) is 9.38. The van der Waals surface area contributed by atoms with Crippen LogP contribution < -0.4 is 0 Å². The molecule has 30 heavy (non-hydrogen) atoms. The van der Waals surface area contributed by atoms with Gasteiger partial charge in [-0.15, -0.1) is 0 Å². The van der Waals surface area contributed by atoms with Crippen molar-refractivity contribution in [1.82, 2.24) is 4.98 Å². The van der Waals surface area contributed by atoms with Crippen molar-refractivity contribution in [2.75, 3.05) is 7.11 Å². The fourth-order valence-corrected chi connectivity index (χ4v) is 4.56. The molecule has 1 heterocycles. The summed E-state index contributed by atoms with van der Waals surface area (Å²) in [6.45, 7) is 5.65. The topological polar surface area (TPSA) is 85.7 Å². The van der Waals surface area contributed by atoms with Gasteiger partial charge in [0.05, 0.1) is 18.2 Å². The molecule has 0 fully saturated rings. The maximum Gasteiger partial charge on any atom is 0.322 e. The predicted molar refractivity (Wildman–Crippen MR) is 113 cm³/mol. The van der Waals surface area contributed by atoms with Crippen molar-refractivity contribution >= 4 is 14.0 Å². The Balaban J connectivity index is 2.74. The first kappa shape index (κ1) is 23.8. The molecule has 1 aromatic carbocycles. The number of carbonyl (C=O) groups is 1. The molecule has 0 aliphatic carbocycles. The molecule has 0 aliphatic heterocycles. The number of nitrogens with zero attached hydrogens (tertiary/aromatic N) is 1. The summed E-state index contributed by atoms with van der Waals surface area (Å²) in [7, 11) is -1.58. The molecule has 1 aromatic heterocycles. The van der Waals surface area contributed by atoms with Crippen molar-refractivity contribution in [2.24, 2.45) is 0 Å². The summed E-state index contributed by atoms with van der Waals surface area (Å²) < 4.78 is 36.0. The molecular weight excluding hydrogens is 408 g/mol. The minimum absolute atomic E-state index is 0.0851. The Morgan fingerprint density at radius 1 is 1.33 bits per heavy atom. The highest BCUT2D eigenvalue weighted by atomic mass is 31.1. The fraction of sp³-hybridized carbons (Fsp3) is 0.364. The van der Waals surface area contributed by atoms with Gasteiger partial charge in [-0.1, -0.05) is 32.4 Å². The standard InChI is InChI=1S/C22H25FNO5P/c1-6-29-19(26)12-18(25)22(30(27)28-5)20-17(15-7-9-16(23)10-8-15)11-14(4)24-21(20)13(2)3/h1,7-11,13,18,22,25,30H,12H2,2-5H3. The predicted octanol–water partition coefficient (Wildman–Crippen LogP) is 4.37. The first-order chi connectivity index (χ1) is 14.2. The highest BCUT2D eigenvalue weighted by Crippen LogP contribution is 2.50. The Labute approximate surface area is 176 Å². The van der Waals surface area contributed by atoms with Gasteiger partial charge in [0, 0.05) is 18.5 Å². The molecule has 2 aromatic rings. The van der Waals surface area contributed by atoms with Crippen molar-refractivity contribution in [3.8, 4) is 23.7 Å². The van der Waals surface area contributed by atoms with Gasteiger partial charge in [0.25, 0.3) is 0 Å². The van der Waals surface area contributed by atoms with Crippen LogP contribution in [0.25, 0.3) is 11.1 Å². The molecule has 0 radical (unpaired) electrons. The van der Waals surface area contributed by atoms with Crippen LogP contribution in [-0.2, 0) is 18.6 Å². The molecule has 2 rings (SSSR count). The maximum atomic E-state index is 13.5. The number of aryl methyl sites for hydroxylation is 1. The van der Waals surface area contributed by atoms with Gasteiger partial charge in [-0.3, -0.25) is 14.3 Å². The maximum absolute atomic E-state index is 13.5. The molecule has 0 spiro atoms. The number of halogens is 1. The molecule has 8 heteroatoms. The number of benzene rings is 1. The number of hydrogen-bond donors (Lipinski definition) is 1. The summed E-state index contributed by atoms with van der Waals surface area (Å²) in [4.78, 5) is 16.5. The zero-order chi connectivity index (χ0) is 22.4. The van der Waals surface area contributed by atoms with E-state index in [1.165, 1.54) is 19.2 Å². The number of aromatic nitrogens is 1. The second-order valence-electron chi connectivity index (χ2n) is 7.14. The Kier molecular flexibility index (Phi) is 8.31. The average molecular weight is 433 g/mol. The molecule has 0 aliphatic rings. The van der Waals surface area contributed by atoms with E-state index in [2.05, 4.69) is 9.72 Å². The molecule has 3 unspecified atom stereocenters. The normalized spacial score (nSPS) is 14.1. The van der Waals surface area contributed by atoms with Crippen molar-refractivity contribution in [3.05, 3.63) is 53.1 Å². The van der Waals surface area contributed by atoms with Gasteiger partial charge in [0.2, 0.25) is 8.03 Å². The molecular formula is C22H25FNO5P. The number of carbonyl (C=O) groups excluding carboxylic acids is 1. The van der Waals surface area contributed by atoms with Crippen LogP contribution >= 0.6 is 8.03 Å². The molecule has 6 nitrogen and oxygen atoms in total. The summed E-state index contributed by atoms with van der Waals surface area (Å²) in [5, 5.41) is 10.8. The highest BCUT2D eigenvalue weighted by molar-refractivity contribution is 7.39. The Hall–Kier alpha value is -2.52. The SMILES string of the molecule is C#COC(=O)CC(O)C(c1c(-c2ccc(F)cc2)cc(C)nc1C(C)C)[PH](=O)OC. The number of hydrogen-bond acceptors (Lipinski definition) is 6. The summed E-state index contributed by atoms with van der Waals surface area (Å²) in [6.07, 6.45) is 4.88. The number of ether oxygens (including phenoxy) is 1. The van der Waals surface area contributed by atoms with Gasteiger partial charge in [0.1, 0.15) is 11.9 Å². The number of rotatable bonds is 8. The minimum Gasteiger partial charge on any atom is -0.391 e. The van der Waals surface area contributed by atoms with Crippen LogP contribution in [0.3, 0.4) is 0 Å². The van der Waals surface area contributed by atoms with Crippen LogP contribution in [0.4, 0.5) is 4.39 Å². The lowest BCUT2D eigenvalue weighted by Gasteiger charge is -2.27. The summed E-state index contributed by atoms with van der Waals surface area (Å²) in [5.74, 6) is -1.30. The van der Waals surface area contributed by atoms with Gasteiger partial charge in [0.15, 0.2) is 0 Å². The van der Waals surface area contributed by atoms with Gasteiger partial charge >= 0.3 is 5.97 Å². The number of pyridine rings is 1. The van der Waals surface area contributed by atoms with Crippen molar-refractivity contribution in [1.29, 1.82) is 0 Å². The van der Waals surface area contributed by atoms with Crippen LogP contribution in [0.5, 0.6) is 0 Å². The van der Waals surface area contributed by atoms with E-state index in [4.69, 9.17) is 10.9 Å². The largest absolute Gasteiger partial charge is 0.391 e. The lowest BCUT2D eigenvalue weighted by atomic mass is 9.89. The fourth-order valence-electron chi connectivity index (χ4n) is 3.33. The minimum atomic E-state index is -2.86. The molecule has 160 valence electrons. The van der Waals surface area contributed by atoms with E-state index in [1.54, 1.807) is 24.3 Å². The van der Waals surface area contributed by atoms with E-state index in [1.807, 2.05) is 20.8 Å². The van der Waals surface area contributed by atoms with E-state index in [9.17, 15) is 18.9 Å². The van der Waals surface area contributed by atoms with Crippen molar-refractivity contribution in [2.45, 2.75) is 44.9 Å². The average Bonchev–Trinajstić information content (AvgIpc) is 2.69. The lowest BCUT2D eigenvalue weighted by molar-refractivity contribution is -0.139. The molecule has 1 N–H and O–H groups in total. The van der Waals surface area contributed by atoms with E-state index in [-0.39, 0.29) is 5.92 Å². The monoisotopic (exact) mass is 433 g/mol. The summed E-state index contributed by atoms with van der Waals surface area (Å²) in [6, 6.07) is 7.60. The van der Waals surface area contributed by atoms with Crippen LogP contribution in [0.2, 0.25) is 0 Å². The Morgan fingerprint density at radius 3 is 2.50 bits per heavy atom. The van der Waals surface area contributed by atoms with Gasteiger partial charge in [-0.25, -0.2) is 4.39 Å². The van der Waals surface area contributed by atoms with Crippen LogP contribution in [0.1, 0.15) is 48.8 Å². The second kappa shape index (κ2) is 10.5. The number of aliphatic hydroxyl groups is 1. The van der Waals surface area contributed by atoms with Crippen LogP contribution in [0, 0.1) is 25.3 Å². The van der Waals surface area contributed by atoms with Gasteiger partial charge < -0.3 is 14.4 Å². The highest BCUT2D eigenvalue weighted by Gasteiger charge is 2.35. The zero-order valence-corrected chi connectivity index (χ0v) is 18.3. The van der Waals surface area contributed by atoms with Crippen molar-refractivity contribution < 1.29 is 28.1 Å². The van der Waals surface area contributed by atoms with Crippen LogP contribution in [0.15, 0.2) is 30.3 Å². The third-order valence-electron chi connectivity index (χ3n) is 4.62. The van der Waals surface area contributed by atoms with Gasteiger partial charge in [-0.2, -0.15) is 0 Å². The summed E-state index contributed by atoms with van der Waals surface area (Å²) >= 11 is 0. The summed E-state index contributed by atoms with van der Waals surface area (Å²) in [5.41, 5.74) is 2.06. The quantitative estimate of drug-likeness (QED) is 0.378. The van der Waals surface area contributed by atoms with E-state index >= 15 is 0 Å². The second-order valence-corrected chi connectivity index (χ2v) is 8.80. The van der Waals surface area contributed by atoms with Gasteiger partial charge in [-0.05, 0) is 47.7 Å². The number of esters is 1. The molecule has 0 saturated heterocycles.